The molecule has 3 heterocycles. The zero-order valence-corrected chi connectivity index (χ0v) is 23.7. The van der Waals surface area contributed by atoms with E-state index in [-0.39, 0.29) is 18.9 Å². The second-order valence-electron chi connectivity index (χ2n) is 10.7. The number of amides is 1. The van der Waals surface area contributed by atoms with E-state index in [0.29, 0.717) is 52.9 Å². The molecule has 1 spiro atoms. The van der Waals surface area contributed by atoms with Crippen molar-refractivity contribution in [2.75, 3.05) is 41.0 Å². The number of esters is 1. The second kappa shape index (κ2) is 10.3. The van der Waals surface area contributed by atoms with Crippen molar-refractivity contribution in [2.24, 2.45) is 10.5 Å². The molecule has 0 saturated carbocycles. The first-order chi connectivity index (χ1) is 20.0. The summed E-state index contributed by atoms with van der Waals surface area (Å²) in [4.78, 5) is 30.9. The molecule has 7 nitrogen and oxygen atoms in total. The molecule has 0 aliphatic carbocycles. The molecule has 3 aromatic rings. The van der Waals surface area contributed by atoms with Gasteiger partial charge in [0.05, 0.1) is 35.2 Å². The minimum atomic E-state index is -4.51. The van der Waals surface area contributed by atoms with Crippen LogP contribution in [0.2, 0.25) is 5.02 Å². The number of rotatable bonds is 4. The Bertz CT molecular complexity index is 1590. The zero-order valence-electron chi connectivity index (χ0n) is 23.0. The van der Waals surface area contributed by atoms with Crippen LogP contribution in [0.4, 0.5) is 30.2 Å². The highest BCUT2D eigenvalue weighted by atomic mass is 35.5. The average Bonchev–Trinajstić information content (AvgIpc) is 3.22. The van der Waals surface area contributed by atoms with Crippen LogP contribution in [0, 0.1) is 5.41 Å². The predicted octanol–water partition coefficient (Wildman–Crippen LogP) is 6.20. The Hall–Kier alpha value is -4.05. The maximum Gasteiger partial charge on any atom is 0.416 e. The number of halogens is 4. The summed E-state index contributed by atoms with van der Waals surface area (Å²) < 4.78 is 46.3. The van der Waals surface area contributed by atoms with Crippen molar-refractivity contribution in [1.29, 1.82) is 0 Å². The van der Waals surface area contributed by atoms with Crippen molar-refractivity contribution in [1.82, 2.24) is 0 Å². The first-order valence-corrected chi connectivity index (χ1v) is 14.1. The van der Waals surface area contributed by atoms with E-state index < -0.39 is 29.2 Å². The third-order valence-corrected chi connectivity index (χ3v) is 8.64. The summed E-state index contributed by atoms with van der Waals surface area (Å²) >= 11 is 6.28. The van der Waals surface area contributed by atoms with Gasteiger partial charge in [-0.25, -0.2) is 4.79 Å². The van der Waals surface area contributed by atoms with Gasteiger partial charge in [-0.2, -0.15) is 23.3 Å². The monoisotopic (exact) mass is 596 g/mol. The van der Waals surface area contributed by atoms with Gasteiger partial charge in [0.1, 0.15) is 5.41 Å². The number of carbonyl (C=O) groups is 2. The van der Waals surface area contributed by atoms with Crippen LogP contribution in [0.5, 0.6) is 0 Å². The lowest BCUT2D eigenvalue weighted by Crippen LogP contribution is -2.67. The molecule has 218 valence electrons. The van der Waals surface area contributed by atoms with E-state index >= 15 is 0 Å². The van der Waals surface area contributed by atoms with E-state index in [1.807, 2.05) is 18.2 Å². The van der Waals surface area contributed by atoms with Crippen LogP contribution in [0.3, 0.4) is 0 Å². The maximum atomic E-state index is 14.5. The largest absolute Gasteiger partial charge is 0.462 e. The van der Waals surface area contributed by atoms with Gasteiger partial charge in [0, 0.05) is 36.0 Å². The molecule has 1 fully saturated rings. The highest BCUT2D eigenvalue weighted by Crippen LogP contribution is 2.49. The molecule has 2 atom stereocenters. The predicted molar refractivity (Wildman–Crippen MR) is 155 cm³/mol. The van der Waals surface area contributed by atoms with Crippen LogP contribution >= 0.6 is 11.6 Å². The highest BCUT2D eigenvalue weighted by molar-refractivity contribution is 6.30. The normalized spacial score (nSPS) is 21.8. The van der Waals surface area contributed by atoms with E-state index in [0.717, 1.165) is 17.8 Å². The molecule has 42 heavy (non-hydrogen) atoms. The first-order valence-electron chi connectivity index (χ1n) is 13.7. The zero-order chi connectivity index (χ0) is 29.8. The Balaban J connectivity index is 1.42. The third-order valence-electron chi connectivity index (χ3n) is 8.40. The molecule has 3 aliphatic rings. The molecule has 0 bridgehead atoms. The third kappa shape index (κ3) is 4.58. The summed E-state index contributed by atoms with van der Waals surface area (Å²) in [5.74, 6) is -0.800. The number of nitrogens with zero attached hydrogens (tertiary/aromatic N) is 4. The number of benzene rings is 3. The van der Waals surface area contributed by atoms with Gasteiger partial charge in [0.15, 0.2) is 0 Å². The SMILES string of the molecule is CCOC(=O)c1ccc(N2N=C(C)C3(Cc4cc(C(F)(F)F)ccc4N4CCN(c5cccc(Cl)c5)CC43)C2=O)cc1. The summed E-state index contributed by atoms with van der Waals surface area (Å²) in [6.07, 6.45) is -4.44. The summed E-state index contributed by atoms with van der Waals surface area (Å²) in [7, 11) is 0. The van der Waals surface area contributed by atoms with Crippen molar-refractivity contribution in [3.63, 3.8) is 0 Å². The van der Waals surface area contributed by atoms with Crippen molar-refractivity contribution in [3.8, 4) is 0 Å². The molecule has 11 heteroatoms. The van der Waals surface area contributed by atoms with E-state index in [9.17, 15) is 22.8 Å². The summed E-state index contributed by atoms with van der Waals surface area (Å²) in [6.45, 7) is 5.24. The van der Waals surface area contributed by atoms with Gasteiger partial charge in [0.2, 0.25) is 0 Å². The molecule has 1 amide bonds. The Labute approximate surface area is 246 Å². The Morgan fingerprint density at radius 3 is 2.52 bits per heavy atom. The number of hydrogen-bond donors (Lipinski definition) is 0. The van der Waals surface area contributed by atoms with Crippen LogP contribution in [0.15, 0.2) is 71.8 Å². The van der Waals surface area contributed by atoms with Gasteiger partial charge in [-0.05, 0) is 86.5 Å². The van der Waals surface area contributed by atoms with E-state index in [2.05, 4.69) is 14.9 Å². The fourth-order valence-electron chi connectivity index (χ4n) is 6.35. The minimum absolute atomic E-state index is 0.0718. The highest BCUT2D eigenvalue weighted by Gasteiger charge is 2.60. The lowest BCUT2D eigenvalue weighted by Gasteiger charge is -2.53. The average molecular weight is 597 g/mol. The first kappa shape index (κ1) is 28.1. The van der Waals surface area contributed by atoms with Gasteiger partial charge in [-0.15, -0.1) is 0 Å². The fourth-order valence-corrected chi connectivity index (χ4v) is 6.53. The smallest absolute Gasteiger partial charge is 0.416 e. The van der Waals surface area contributed by atoms with E-state index in [4.69, 9.17) is 16.3 Å². The molecule has 1 saturated heterocycles. The summed E-state index contributed by atoms with van der Waals surface area (Å²) in [5, 5.41) is 6.56. The lowest BCUT2D eigenvalue weighted by atomic mass is 9.67. The fraction of sp³-hybridized carbons (Fsp3) is 0.323. The molecule has 2 unspecified atom stereocenters. The number of carbonyl (C=O) groups excluding carboxylic acids is 2. The lowest BCUT2D eigenvalue weighted by molar-refractivity contribution is -0.137. The minimum Gasteiger partial charge on any atom is -0.462 e. The topological polar surface area (TPSA) is 65.5 Å². The number of hydrazone groups is 1. The molecule has 0 aromatic heterocycles. The van der Waals surface area contributed by atoms with Crippen LogP contribution < -0.4 is 14.8 Å². The molecule has 0 N–H and O–H groups in total. The molecule has 6 rings (SSSR count). The van der Waals surface area contributed by atoms with E-state index in [1.54, 1.807) is 44.2 Å². The molecule has 0 radical (unpaired) electrons. The van der Waals surface area contributed by atoms with Gasteiger partial charge < -0.3 is 14.5 Å². The molecule has 3 aromatic carbocycles. The second-order valence-corrected chi connectivity index (χ2v) is 11.1. The van der Waals surface area contributed by atoms with Gasteiger partial charge in [0.25, 0.3) is 5.91 Å². The maximum absolute atomic E-state index is 14.5. The van der Waals surface area contributed by atoms with Crippen molar-refractivity contribution in [3.05, 3.63) is 88.4 Å². The number of ether oxygens (including phenoxy) is 1. The Morgan fingerprint density at radius 2 is 1.83 bits per heavy atom. The van der Waals surface area contributed by atoms with Crippen molar-refractivity contribution in [2.45, 2.75) is 32.5 Å². The number of anilines is 3. The molecular formula is C31H28ClF3N4O3. The van der Waals surface area contributed by atoms with Crippen LogP contribution in [0.1, 0.15) is 35.3 Å². The Morgan fingerprint density at radius 1 is 1.07 bits per heavy atom. The summed E-state index contributed by atoms with van der Waals surface area (Å²) in [6, 6.07) is 17.2. The number of piperazine rings is 1. The standard InChI is InChI=1S/C31H28ClF3N4O3/c1-3-42-28(40)20-7-10-24(11-8-20)39-29(41)30(19(2)36-39)17-21-15-22(31(33,34)35)9-12-26(21)38-14-13-37(18-27(30)38)25-6-4-5-23(32)16-25/h4-12,15-16,27H,3,13-14,17-18H2,1-2H3. The molecular weight excluding hydrogens is 569 g/mol. The van der Waals surface area contributed by atoms with Gasteiger partial charge in [-0.1, -0.05) is 17.7 Å². The van der Waals surface area contributed by atoms with Crippen molar-refractivity contribution >= 4 is 46.3 Å². The van der Waals surface area contributed by atoms with Crippen molar-refractivity contribution < 1.29 is 27.5 Å². The van der Waals surface area contributed by atoms with Crippen LogP contribution in [-0.2, 0) is 22.1 Å². The number of alkyl halides is 3. The van der Waals surface area contributed by atoms with Crippen LogP contribution in [-0.4, -0.2) is 49.9 Å². The quantitative estimate of drug-likeness (QED) is 0.336. The van der Waals surface area contributed by atoms with E-state index in [1.165, 1.54) is 11.1 Å². The summed E-state index contributed by atoms with van der Waals surface area (Å²) in [5.41, 5.74) is 1.40. The van der Waals surface area contributed by atoms with Crippen LogP contribution in [0.25, 0.3) is 0 Å². The number of hydrogen-bond acceptors (Lipinski definition) is 6. The number of fused-ring (bicyclic) bond motifs is 4. The Kier molecular flexibility index (Phi) is 6.92. The molecule has 3 aliphatic heterocycles. The van der Waals surface area contributed by atoms with Gasteiger partial charge >= 0.3 is 12.1 Å². The van der Waals surface area contributed by atoms with Gasteiger partial charge in [-0.3, -0.25) is 4.79 Å².